The Balaban J connectivity index is 1.83. The van der Waals surface area contributed by atoms with Crippen molar-refractivity contribution in [2.24, 2.45) is 5.92 Å². The third kappa shape index (κ3) is 4.73. The highest BCUT2D eigenvalue weighted by Crippen LogP contribution is 2.31. The predicted octanol–water partition coefficient (Wildman–Crippen LogP) is 1.80. The highest BCUT2D eigenvalue weighted by atomic mass is 16.5. The number of rotatable bonds is 7. The lowest BCUT2D eigenvalue weighted by molar-refractivity contribution is 0.127. The van der Waals surface area contributed by atoms with E-state index in [1.807, 2.05) is 6.92 Å². The molecule has 1 fully saturated rings. The molecule has 12 heavy (non-hydrogen) atoms. The first-order valence-electron chi connectivity index (χ1n) is 5.14. The van der Waals surface area contributed by atoms with Crippen molar-refractivity contribution in [3.8, 4) is 0 Å². The molecule has 72 valence electrons. The molecule has 1 aliphatic rings. The number of ether oxygens (including phenoxy) is 1. The van der Waals surface area contributed by atoms with Crippen molar-refractivity contribution < 1.29 is 4.74 Å². The van der Waals surface area contributed by atoms with Gasteiger partial charge in [-0.1, -0.05) is 12.8 Å². The van der Waals surface area contributed by atoms with Crippen LogP contribution in [0.2, 0.25) is 0 Å². The quantitative estimate of drug-likeness (QED) is 0.630. The molecule has 1 rings (SSSR count). The zero-order valence-electron chi connectivity index (χ0n) is 8.31. The van der Waals surface area contributed by atoms with Crippen molar-refractivity contribution in [2.75, 3.05) is 19.8 Å². The average molecular weight is 171 g/mol. The number of hydrogen-bond acceptors (Lipinski definition) is 2. The smallest absolute Gasteiger partial charge is 0.0616 e. The Bertz CT molecular complexity index is 112. The SMILES string of the molecule is CCOCC(C)NCCC1CC1. The van der Waals surface area contributed by atoms with Gasteiger partial charge < -0.3 is 10.1 Å². The van der Waals surface area contributed by atoms with E-state index in [1.54, 1.807) is 0 Å². The molecule has 1 aliphatic carbocycles. The van der Waals surface area contributed by atoms with E-state index in [-0.39, 0.29) is 0 Å². The van der Waals surface area contributed by atoms with E-state index in [0.29, 0.717) is 6.04 Å². The number of nitrogens with one attached hydrogen (secondary N) is 1. The first-order valence-corrected chi connectivity index (χ1v) is 5.14. The van der Waals surface area contributed by atoms with Gasteiger partial charge in [-0.05, 0) is 32.7 Å². The molecular formula is C10H21NO. The predicted molar refractivity (Wildman–Crippen MR) is 51.3 cm³/mol. The van der Waals surface area contributed by atoms with Crippen LogP contribution in [0.25, 0.3) is 0 Å². The molecule has 1 saturated carbocycles. The molecule has 0 aromatic rings. The van der Waals surface area contributed by atoms with E-state index in [0.717, 1.165) is 19.1 Å². The fourth-order valence-electron chi connectivity index (χ4n) is 1.29. The van der Waals surface area contributed by atoms with Crippen molar-refractivity contribution in [1.29, 1.82) is 0 Å². The van der Waals surface area contributed by atoms with E-state index < -0.39 is 0 Å². The maximum Gasteiger partial charge on any atom is 0.0616 e. The summed E-state index contributed by atoms with van der Waals surface area (Å²) in [7, 11) is 0. The molecular weight excluding hydrogens is 150 g/mol. The van der Waals surface area contributed by atoms with Gasteiger partial charge in [-0.3, -0.25) is 0 Å². The summed E-state index contributed by atoms with van der Waals surface area (Å²) in [6, 6.07) is 0.517. The van der Waals surface area contributed by atoms with Crippen molar-refractivity contribution in [3.05, 3.63) is 0 Å². The van der Waals surface area contributed by atoms with Crippen molar-refractivity contribution >= 4 is 0 Å². The molecule has 0 aliphatic heterocycles. The minimum Gasteiger partial charge on any atom is -0.380 e. The van der Waals surface area contributed by atoms with Gasteiger partial charge in [0, 0.05) is 12.6 Å². The topological polar surface area (TPSA) is 21.3 Å². The summed E-state index contributed by atoms with van der Waals surface area (Å²) >= 11 is 0. The maximum absolute atomic E-state index is 5.31. The first-order chi connectivity index (χ1) is 5.83. The van der Waals surface area contributed by atoms with Crippen LogP contribution < -0.4 is 5.32 Å². The van der Waals surface area contributed by atoms with Gasteiger partial charge in [0.2, 0.25) is 0 Å². The van der Waals surface area contributed by atoms with Gasteiger partial charge in [-0.25, -0.2) is 0 Å². The van der Waals surface area contributed by atoms with E-state index in [4.69, 9.17) is 4.74 Å². The Morgan fingerprint density at radius 3 is 2.83 bits per heavy atom. The van der Waals surface area contributed by atoms with Crippen LogP contribution in [0.4, 0.5) is 0 Å². The molecule has 0 spiro atoms. The van der Waals surface area contributed by atoms with Crippen LogP contribution in [-0.2, 0) is 4.74 Å². The fourth-order valence-corrected chi connectivity index (χ4v) is 1.29. The molecule has 0 aromatic heterocycles. The molecule has 0 amide bonds. The first kappa shape index (κ1) is 10.0. The highest BCUT2D eigenvalue weighted by Gasteiger charge is 2.20. The Morgan fingerprint density at radius 2 is 2.25 bits per heavy atom. The van der Waals surface area contributed by atoms with Gasteiger partial charge in [-0.15, -0.1) is 0 Å². The zero-order valence-corrected chi connectivity index (χ0v) is 8.31. The van der Waals surface area contributed by atoms with Gasteiger partial charge >= 0.3 is 0 Å². The standard InChI is InChI=1S/C10H21NO/c1-3-12-8-9(2)11-7-6-10-4-5-10/h9-11H,3-8H2,1-2H3. The van der Waals surface area contributed by atoms with Crippen LogP contribution in [0.5, 0.6) is 0 Å². The third-order valence-corrected chi connectivity index (χ3v) is 2.31. The second-order valence-corrected chi connectivity index (χ2v) is 3.75. The summed E-state index contributed by atoms with van der Waals surface area (Å²) in [4.78, 5) is 0. The monoisotopic (exact) mass is 171 g/mol. The van der Waals surface area contributed by atoms with Gasteiger partial charge in [0.1, 0.15) is 0 Å². The summed E-state index contributed by atoms with van der Waals surface area (Å²) in [6.07, 6.45) is 4.28. The van der Waals surface area contributed by atoms with E-state index in [9.17, 15) is 0 Å². The van der Waals surface area contributed by atoms with Crippen LogP contribution in [0.15, 0.2) is 0 Å². The molecule has 2 nitrogen and oxygen atoms in total. The molecule has 0 saturated heterocycles. The molecule has 2 heteroatoms. The molecule has 1 unspecified atom stereocenters. The second-order valence-electron chi connectivity index (χ2n) is 3.75. The summed E-state index contributed by atoms with van der Waals surface area (Å²) in [5.41, 5.74) is 0. The summed E-state index contributed by atoms with van der Waals surface area (Å²) in [5, 5.41) is 3.46. The Morgan fingerprint density at radius 1 is 1.50 bits per heavy atom. The second kappa shape index (κ2) is 5.55. The van der Waals surface area contributed by atoms with Gasteiger partial charge in [0.25, 0.3) is 0 Å². The van der Waals surface area contributed by atoms with Gasteiger partial charge in [-0.2, -0.15) is 0 Å². The van der Waals surface area contributed by atoms with E-state index in [2.05, 4.69) is 12.2 Å². The summed E-state index contributed by atoms with van der Waals surface area (Å²) in [5.74, 6) is 1.04. The molecule has 1 N–H and O–H groups in total. The minimum absolute atomic E-state index is 0.517. The van der Waals surface area contributed by atoms with Gasteiger partial charge in [0.05, 0.1) is 6.61 Å². The fraction of sp³-hybridized carbons (Fsp3) is 1.00. The Labute approximate surface area is 75.7 Å². The lowest BCUT2D eigenvalue weighted by Crippen LogP contribution is -2.31. The normalized spacial score (nSPS) is 19.5. The molecule has 0 heterocycles. The van der Waals surface area contributed by atoms with Crippen LogP contribution in [-0.4, -0.2) is 25.8 Å². The molecule has 0 aromatic carbocycles. The average Bonchev–Trinajstić information content (AvgIpc) is 2.84. The zero-order chi connectivity index (χ0) is 8.81. The van der Waals surface area contributed by atoms with Crippen LogP contribution in [0.1, 0.15) is 33.1 Å². The lowest BCUT2D eigenvalue weighted by Gasteiger charge is -2.12. The summed E-state index contributed by atoms with van der Waals surface area (Å²) in [6.45, 7) is 7.06. The van der Waals surface area contributed by atoms with Crippen LogP contribution >= 0.6 is 0 Å². The summed E-state index contributed by atoms with van der Waals surface area (Å²) < 4.78 is 5.31. The highest BCUT2D eigenvalue weighted by molar-refractivity contribution is 4.74. The minimum atomic E-state index is 0.517. The van der Waals surface area contributed by atoms with Crippen LogP contribution in [0, 0.1) is 5.92 Å². The molecule has 1 atom stereocenters. The van der Waals surface area contributed by atoms with Crippen LogP contribution in [0.3, 0.4) is 0 Å². The van der Waals surface area contributed by atoms with Crippen molar-refractivity contribution in [2.45, 2.75) is 39.2 Å². The van der Waals surface area contributed by atoms with E-state index >= 15 is 0 Å². The lowest BCUT2D eigenvalue weighted by atomic mass is 10.2. The molecule has 0 bridgehead atoms. The van der Waals surface area contributed by atoms with E-state index in [1.165, 1.54) is 25.8 Å². The largest absolute Gasteiger partial charge is 0.380 e. The Kier molecular flexibility index (Phi) is 4.62. The van der Waals surface area contributed by atoms with Crippen molar-refractivity contribution in [1.82, 2.24) is 5.32 Å². The van der Waals surface area contributed by atoms with Gasteiger partial charge in [0.15, 0.2) is 0 Å². The Hall–Kier alpha value is -0.0800. The third-order valence-electron chi connectivity index (χ3n) is 2.31. The number of hydrogen-bond donors (Lipinski definition) is 1. The van der Waals surface area contributed by atoms with Crippen molar-refractivity contribution in [3.63, 3.8) is 0 Å². The maximum atomic E-state index is 5.31. The molecule has 0 radical (unpaired) electrons.